The molecule has 0 radical (unpaired) electrons. The second-order valence-corrected chi connectivity index (χ2v) is 6.89. The van der Waals surface area contributed by atoms with Gasteiger partial charge in [-0.2, -0.15) is 5.26 Å². The van der Waals surface area contributed by atoms with Crippen LogP contribution in [0, 0.1) is 11.3 Å². The molecular formula is C22H23N3O3. The highest BCUT2D eigenvalue weighted by atomic mass is 16.5. The van der Waals surface area contributed by atoms with E-state index in [2.05, 4.69) is 10.6 Å². The number of hydrogen-bond donors (Lipinski definition) is 2. The number of carbonyl (C=O) groups is 2. The van der Waals surface area contributed by atoms with Crippen LogP contribution >= 0.6 is 0 Å². The molecule has 28 heavy (non-hydrogen) atoms. The van der Waals surface area contributed by atoms with Crippen LogP contribution in [-0.2, 0) is 4.79 Å². The fourth-order valence-electron chi connectivity index (χ4n) is 3.22. The fraction of sp³-hybridized carbons (Fsp3) is 0.318. The quantitative estimate of drug-likeness (QED) is 0.804. The molecule has 1 aliphatic rings. The Morgan fingerprint density at radius 1 is 1.11 bits per heavy atom. The molecule has 2 aromatic carbocycles. The van der Waals surface area contributed by atoms with Crippen LogP contribution in [0.1, 0.15) is 48.5 Å². The minimum absolute atomic E-state index is 0.177. The maximum absolute atomic E-state index is 12.6. The zero-order valence-electron chi connectivity index (χ0n) is 15.8. The smallest absolute Gasteiger partial charge is 0.265 e. The molecule has 0 aliphatic heterocycles. The largest absolute Gasteiger partial charge is 0.481 e. The van der Waals surface area contributed by atoms with Gasteiger partial charge in [-0.1, -0.05) is 25.0 Å². The van der Waals surface area contributed by atoms with E-state index in [-0.39, 0.29) is 17.9 Å². The highest BCUT2D eigenvalue weighted by Gasteiger charge is 2.21. The Hall–Kier alpha value is -3.33. The monoisotopic (exact) mass is 377 g/mol. The number of benzene rings is 2. The van der Waals surface area contributed by atoms with Crippen molar-refractivity contribution in [2.24, 2.45) is 0 Å². The lowest BCUT2D eigenvalue weighted by atomic mass is 10.1. The summed E-state index contributed by atoms with van der Waals surface area (Å²) in [6.07, 6.45) is 3.49. The number of nitrogens with one attached hydrogen (secondary N) is 2. The minimum Gasteiger partial charge on any atom is -0.481 e. The van der Waals surface area contributed by atoms with Crippen LogP contribution in [0.3, 0.4) is 0 Å². The summed E-state index contributed by atoms with van der Waals surface area (Å²) in [6.45, 7) is 1.63. The summed E-state index contributed by atoms with van der Waals surface area (Å²) in [7, 11) is 0. The van der Waals surface area contributed by atoms with Crippen LogP contribution in [0.2, 0.25) is 0 Å². The van der Waals surface area contributed by atoms with E-state index in [1.807, 2.05) is 6.07 Å². The van der Waals surface area contributed by atoms with E-state index in [1.165, 1.54) is 0 Å². The summed E-state index contributed by atoms with van der Waals surface area (Å²) in [5, 5.41) is 14.7. The van der Waals surface area contributed by atoms with Crippen molar-refractivity contribution in [3.05, 3.63) is 59.7 Å². The third-order valence-electron chi connectivity index (χ3n) is 4.79. The number of hydrogen-bond acceptors (Lipinski definition) is 4. The van der Waals surface area contributed by atoms with Gasteiger partial charge in [-0.3, -0.25) is 9.59 Å². The van der Waals surface area contributed by atoms with Crippen LogP contribution in [0.4, 0.5) is 5.69 Å². The van der Waals surface area contributed by atoms with Gasteiger partial charge in [0.2, 0.25) is 0 Å². The summed E-state index contributed by atoms with van der Waals surface area (Å²) in [5.74, 6) is -0.0390. The first-order valence-electron chi connectivity index (χ1n) is 9.44. The molecule has 2 N–H and O–H groups in total. The van der Waals surface area contributed by atoms with Crippen LogP contribution in [-0.4, -0.2) is 24.0 Å². The molecule has 144 valence electrons. The number of anilines is 1. The summed E-state index contributed by atoms with van der Waals surface area (Å²) < 4.78 is 5.63. The van der Waals surface area contributed by atoms with Gasteiger partial charge in [0.05, 0.1) is 22.9 Å². The molecule has 1 atom stereocenters. The first-order valence-corrected chi connectivity index (χ1v) is 9.44. The average Bonchev–Trinajstić information content (AvgIpc) is 3.22. The van der Waals surface area contributed by atoms with Crippen molar-refractivity contribution in [3.63, 3.8) is 0 Å². The first kappa shape index (κ1) is 19.4. The van der Waals surface area contributed by atoms with Gasteiger partial charge in [0.25, 0.3) is 11.8 Å². The second kappa shape index (κ2) is 9.05. The highest BCUT2D eigenvalue weighted by Crippen LogP contribution is 2.21. The molecule has 0 bridgehead atoms. The molecule has 0 heterocycles. The van der Waals surface area contributed by atoms with E-state index < -0.39 is 6.10 Å². The van der Waals surface area contributed by atoms with Gasteiger partial charge in [-0.25, -0.2) is 0 Å². The van der Waals surface area contributed by atoms with Crippen LogP contribution in [0.5, 0.6) is 5.75 Å². The Balaban J connectivity index is 1.64. The van der Waals surface area contributed by atoms with Crippen molar-refractivity contribution < 1.29 is 14.3 Å². The molecule has 2 aromatic rings. The molecular weight excluding hydrogens is 354 g/mol. The summed E-state index contributed by atoms with van der Waals surface area (Å²) >= 11 is 0. The van der Waals surface area contributed by atoms with Crippen molar-refractivity contribution in [1.29, 1.82) is 5.26 Å². The van der Waals surface area contributed by atoms with Gasteiger partial charge < -0.3 is 15.4 Å². The third-order valence-corrected chi connectivity index (χ3v) is 4.79. The number of carbonyl (C=O) groups excluding carboxylic acids is 2. The molecule has 0 aromatic heterocycles. The van der Waals surface area contributed by atoms with Crippen LogP contribution in [0.25, 0.3) is 0 Å². The molecule has 6 nitrogen and oxygen atoms in total. The second-order valence-electron chi connectivity index (χ2n) is 6.89. The molecule has 2 amide bonds. The van der Waals surface area contributed by atoms with Crippen molar-refractivity contribution in [1.82, 2.24) is 5.32 Å². The fourth-order valence-corrected chi connectivity index (χ4v) is 3.22. The molecule has 0 saturated heterocycles. The molecule has 0 spiro atoms. The van der Waals surface area contributed by atoms with Crippen LogP contribution < -0.4 is 15.4 Å². The number of rotatable bonds is 6. The third kappa shape index (κ3) is 4.89. The molecule has 1 fully saturated rings. The Morgan fingerprint density at radius 3 is 2.46 bits per heavy atom. The minimum atomic E-state index is -0.765. The lowest BCUT2D eigenvalue weighted by Crippen LogP contribution is -2.34. The van der Waals surface area contributed by atoms with Crippen molar-refractivity contribution in [3.8, 4) is 11.8 Å². The highest BCUT2D eigenvalue weighted by molar-refractivity contribution is 6.04. The maximum atomic E-state index is 12.6. The van der Waals surface area contributed by atoms with E-state index >= 15 is 0 Å². The average molecular weight is 377 g/mol. The zero-order chi connectivity index (χ0) is 19.9. The Labute approximate surface area is 164 Å². The normalized spacial score (nSPS) is 14.7. The predicted octanol–water partition coefficient (Wildman–Crippen LogP) is 3.64. The lowest BCUT2D eigenvalue weighted by Gasteiger charge is -2.17. The number of nitrogens with zero attached hydrogens (tertiary/aromatic N) is 1. The van der Waals surface area contributed by atoms with Crippen molar-refractivity contribution in [2.45, 2.75) is 44.8 Å². The van der Waals surface area contributed by atoms with Crippen molar-refractivity contribution >= 4 is 17.5 Å². The van der Waals surface area contributed by atoms with Crippen LogP contribution in [0.15, 0.2) is 48.5 Å². The van der Waals surface area contributed by atoms with Gasteiger partial charge in [0, 0.05) is 6.04 Å². The van der Waals surface area contributed by atoms with Gasteiger partial charge in [-0.05, 0) is 56.2 Å². The number of amides is 2. The van der Waals surface area contributed by atoms with Gasteiger partial charge in [0.15, 0.2) is 6.10 Å². The number of ether oxygens (including phenoxy) is 1. The summed E-state index contributed by atoms with van der Waals surface area (Å²) in [6, 6.07) is 15.7. The number of nitriles is 1. The molecule has 0 unspecified atom stereocenters. The SMILES string of the molecule is C[C@@H](Oc1ccc(C#N)cc1)C(=O)Nc1ccccc1C(=O)NC1CCCC1. The first-order chi connectivity index (χ1) is 13.6. The van der Waals surface area contributed by atoms with Gasteiger partial charge in [-0.15, -0.1) is 0 Å². The summed E-state index contributed by atoms with van der Waals surface area (Å²) in [5.41, 5.74) is 1.42. The molecule has 1 aliphatic carbocycles. The molecule has 6 heteroatoms. The van der Waals surface area contributed by atoms with E-state index in [9.17, 15) is 9.59 Å². The molecule has 1 saturated carbocycles. The predicted molar refractivity (Wildman–Crippen MR) is 106 cm³/mol. The number of para-hydroxylation sites is 1. The van der Waals surface area contributed by atoms with E-state index in [4.69, 9.17) is 10.00 Å². The lowest BCUT2D eigenvalue weighted by molar-refractivity contribution is -0.122. The maximum Gasteiger partial charge on any atom is 0.265 e. The summed E-state index contributed by atoms with van der Waals surface area (Å²) in [4.78, 5) is 25.1. The van der Waals surface area contributed by atoms with E-state index in [0.29, 0.717) is 22.6 Å². The Bertz CT molecular complexity index is 881. The van der Waals surface area contributed by atoms with Crippen molar-refractivity contribution in [2.75, 3.05) is 5.32 Å². The Kier molecular flexibility index (Phi) is 6.28. The zero-order valence-corrected chi connectivity index (χ0v) is 15.8. The van der Waals surface area contributed by atoms with E-state index in [1.54, 1.807) is 55.5 Å². The molecule has 3 rings (SSSR count). The van der Waals surface area contributed by atoms with Gasteiger partial charge in [0.1, 0.15) is 5.75 Å². The van der Waals surface area contributed by atoms with Gasteiger partial charge >= 0.3 is 0 Å². The standard InChI is InChI=1S/C22H23N3O3/c1-15(28-18-12-10-16(14-23)11-13-18)21(26)25-20-9-5-4-8-19(20)22(27)24-17-6-2-3-7-17/h4-5,8-13,15,17H,2-3,6-7H2,1H3,(H,24,27)(H,25,26)/t15-/m1/s1. The van der Waals surface area contributed by atoms with E-state index in [0.717, 1.165) is 25.7 Å². The topological polar surface area (TPSA) is 91.2 Å². The Morgan fingerprint density at radius 2 is 1.79 bits per heavy atom.